The Bertz CT molecular complexity index is 794. The first kappa shape index (κ1) is 15.0. The number of aliphatic imine (C=N–C) groups is 1. The van der Waals surface area contributed by atoms with Gasteiger partial charge in [0.2, 0.25) is 5.90 Å². The van der Waals surface area contributed by atoms with Gasteiger partial charge in [0.15, 0.2) is 5.70 Å². The van der Waals surface area contributed by atoms with Gasteiger partial charge in [-0.1, -0.05) is 6.07 Å². The van der Waals surface area contributed by atoms with Gasteiger partial charge in [-0.05, 0) is 42.0 Å². The number of rotatable bonds is 2. The molecule has 0 bridgehead atoms. The number of hydrogen-bond acceptors (Lipinski definition) is 4. The van der Waals surface area contributed by atoms with Gasteiger partial charge in [-0.15, -0.1) is 0 Å². The fourth-order valence-corrected chi connectivity index (χ4v) is 1.95. The second-order valence-corrected chi connectivity index (χ2v) is 4.70. The molecule has 116 valence electrons. The van der Waals surface area contributed by atoms with Crippen LogP contribution in [0, 0.1) is 0 Å². The summed E-state index contributed by atoms with van der Waals surface area (Å²) in [7, 11) is 0. The van der Waals surface area contributed by atoms with Crippen LogP contribution >= 0.6 is 0 Å². The lowest BCUT2D eigenvalue weighted by Crippen LogP contribution is -2.08. The van der Waals surface area contributed by atoms with Gasteiger partial charge in [0.1, 0.15) is 0 Å². The number of carbonyl (C=O) groups is 1. The number of cyclic esters (lactones) is 1. The quantitative estimate of drug-likeness (QED) is 0.629. The molecule has 0 amide bonds. The van der Waals surface area contributed by atoms with Crippen molar-refractivity contribution in [2.24, 2.45) is 4.99 Å². The lowest BCUT2D eigenvalue weighted by atomic mass is 10.1. The molecule has 0 unspecified atom stereocenters. The van der Waals surface area contributed by atoms with E-state index in [1.54, 1.807) is 24.5 Å². The van der Waals surface area contributed by atoms with E-state index >= 15 is 0 Å². The molecule has 0 N–H and O–H groups in total. The van der Waals surface area contributed by atoms with Crippen molar-refractivity contribution in [3.05, 3.63) is 71.2 Å². The van der Waals surface area contributed by atoms with Crippen molar-refractivity contribution in [2.75, 3.05) is 0 Å². The average Bonchev–Trinajstić information content (AvgIpc) is 2.89. The van der Waals surface area contributed by atoms with Gasteiger partial charge in [0.25, 0.3) is 0 Å². The molecule has 7 heteroatoms. The van der Waals surface area contributed by atoms with E-state index in [1.165, 1.54) is 18.2 Å². The molecule has 1 aliphatic heterocycles. The molecule has 0 aliphatic carbocycles. The van der Waals surface area contributed by atoms with Crippen molar-refractivity contribution in [3.8, 4) is 0 Å². The Kier molecular flexibility index (Phi) is 3.69. The second kappa shape index (κ2) is 5.68. The van der Waals surface area contributed by atoms with Crippen LogP contribution in [0.1, 0.15) is 16.7 Å². The average molecular weight is 318 g/mol. The third-order valence-corrected chi connectivity index (χ3v) is 3.07. The van der Waals surface area contributed by atoms with E-state index in [0.29, 0.717) is 11.1 Å². The standard InChI is InChI=1S/C16H9F3N2O2/c17-16(18,19)12-5-3-11(4-6-12)14-21-13(15(22)23-14)8-10-2-1-7-20-9-10/h1-9H/b13-8-. The summed E-state index contributed by atoms with van der Waals surface area (Å²) in [4.78, 5) is 19.7. The summed E-state index contributed by atoms with van der Waals surface area (Å²) < 4.78 is 42.6. The third kappa shape index (κ3) is 3.28. The number of esters is 1. The molecule has 4 nitrogen and oxygen atoms in total. The number of ether oxygens (including phenoxy) is 1. The van der Waals surface area contributed by atoms with Gasteiger partial charge in [-0.2, -0.15) is 13.2 Å². The Morgan fingerprint density at radius 1 is 1.09 bits per heavy atom. The normalized spacial score (nSPS) is 16.4. The Balaban J connectivity index is 1.88. The lowest BCUT2D eigenvalue weighted by molar-refractivity contribution is -0.137. The van der Waals surface area contributed by atoms with Crippen LogP contribution in [0.3, 0.4) is 0 Å². The largest absolute Gasteiger partial charge is 0.416 e. The van der Waals surface area contributed by atoms with E-state index in [2.05, 4.69) is 9.98 Å². The molecule has 0 atom stereocenters. The van der Waals surface area contributed by atoms with Crippen LogP contribution in [-0.2, 0) is 15.7 Å². The molecule has 0 spiro atoms. The summed E-state index contributed by atoms with van der Waals surface area (Å²) in [6, 6.07) is 7.68. The molecule has 2 aromatic rings. The van der Waals surface area contributed by atoms with Crippen molar-refractivity contribution in [1.82, 2.24) is 4.98 Å². The minimum Gasteiger partial charge on any atom is -0.402 e. The zero-order valence-corrected chi connectivity index (χ0v) is 11.5. The van der Waals surface area contributed by atoms with Crippen molar-refractivity contribution >= 4 is 17.9 Å². The minimum atomic E-state index is -4.42. The molecular weight excluding hydrogens is 309 g/mol. The van der Waals surface area contributed by atoms with Gasteiger partial charge in [0, 0.05) is 18.0 Å². The molecular formula is C16H9F3N2O2. The van der Waals surface area contributed by atoms with Gasteiger partial charge >= 0.3 is 12.1 Å². The van der Waals surface area contributed by atoms with E-state index in [0.717, 1.165) is 12.1 Å². The first-order valence-electron chi connectivity index (χ1n) is 6.54. The van der Waals surface area contributed by atoms with Crippen LogP contribution in [0.25, 0.3) is 6.08 Å². The Morgan fingerprint density at radius 3 is 2.43 bits per heavy atom. The van der Waals surface area contributed by atoms with Crippen molar-refractivity contribution in [3.63, 3.8) is 0 Å². The molecule has 0 radical (unpaired) electrons. The predicted octanol–water partition coefficient (Wildman–Crippen LogP) is 3.44. The number of benzene rings is 1. The van der Waals surface area contributed by atoms with E-state index < -0.39 is 17.7 Å². The maximum Gasteiger partial charge on any atom is 0.416 e. The molecule has 2 heterocycles. The molecule has 3 rings (SSSR count). The molecule has 1 aliphatic rings. The maximum atomic E-state index is 12.5. The molecule has 0 fully saturated rings. The summed E-state index contributed by atoms with van der Waals surface area (Å²) in [5.41, 5.74) is 0.239. The van der Waals surface area contributed by atoms with Crippen molar-refractivity contribution < 1.29 is 22.7 Å². The Labute approximate surface area is 129 Å². The number of halogens is 3. The van der Waals surface area contributed by atoms with E-state index in [9.17, 15) is 18.0 Å². The second-order valence-electron chi connectivity index (χ2n) is 4.70. The molecule has 1 aromatic carbocycles. The predicted molar refractivity (Wildman–Crippen MR) is 76.3 cm³/mol. The summed E-state index contributed by atoms with van der Waals surface area (Å²) in [5, 5.41) is 0. The van der Waals surface area contributed by atoms with Crippen molar-refractivity contribution in [1.29, 1.82) is 0 Å². The fourth-order valence-electron chi connectivity index (χ4n) is 1.95. The van der Waals surface area contributed by atoms with E-state index in [4.69, 9.17) is 4.74 Å². The first-order valence-corrected chi connectivity index (χ1v) is 6.54. The highest BCUT2D eigenvalue weighted by Crippen LogP contribution is 2.29. The van der Waals surface area contributed by atoms with E-state index in [-0.39, 0.29) is 11.6 Å². The molecule has 1 aromatic heterocycles. The molecule has 23 heavy (non-hydrogen) atoms. The van der Waals surface area contributed by atoms with Crippen LogP contribution in [0.4, 0.5) is 13.2 Å². The monoisotopic (exact) mass is 318 g/mol. The van der Waals surface area contributed by atoms with Crippen LogP contribution < -0.4 is 0 Å². The van der Waals surface area contributed by atoms with Crippen molar-refractivity contribution in [2.45, 2.75) is 6.18 Å². The minimum absolute atomic E-state index is 0.0288. The summed E-state index contributed by atoms with van der Waals surface area (Å²) in [6.07, 6.45) is 0.211. The third-order valence-electron chi connectivity index (χ3n) is 3.07. The Morgan fingerprint density at radius 2 is 1.83 bits per heavy atom. The van der Waals surface area contributed by atoms with Gasteiger partial charge in [0.05, 0.1) is 5.56 Å². The molecule has 0 saturated heterocycles. The highest BCUT2D eigenvalue weighted by Gasteiger charge is 2.31. The van der Waals surface area contributed by atoms with Crippen LogP contribution in [-0.4, -0.2) is 16.9 Å². The summed E-state index contributed by atoms with van der Waals surface area (Å²) in [5.74, 6) is -0.692. The number of hydrogen-bond donors (Lipinski definition) is 0. The number of pyridine rings is 1. The number of aromatic nitrogens is 1. The number of carbonyl (C=O) groups excluding carboxylic acids is 1. The smallest absolute Gasteiger partial charge is 0.402 e. The topological polar surface area (TPSA) is 51.5 Å². The zero-order valence-electron chi connectivity index (χ0n) is 11.5. The number of alkyl halides is 3. The van der Waals surface area contributed by atoms with Crippen LogP contribution in [0.2, 0.25) is 0 Å². The highest BCUT2D eigenvalue weighted by atomic mass is 19.4. The SMILES string of the molecule is O=C1OC(c2ccc(C(F)(F)F)cc2)=N/C1=C\c1cccnc1. The van der Waals surface area contributed by atoms with Crippen LogP contribution in [0.15, 0.2) is 59.5 Å². The number of nitrogens with zero attached hydrogens (tertiary/aromatic N) is 2. The van der Waals surface area contributed by atoms with Gasteiger partial charge in [-0.25, -0.2) is 9.79 Å². The van der Waals surface area contributed by atoms with Gasteiger partial charge < -0.3 is 4.74 Å². The molecule has 0 saturated carbocycles. The van der Waals surface area contributed by atoms with Gasteiger partial charge in [-0.3, -0.25) is 4.98 Å². The Hall–Kier alpha value is -2.96. The zero-order chi connectivity index (χ0) is 16.4. The van der Waals surface area contributed by atoms with E-state index in [1.807, 2.05) is 0 Å². The summed E-state index contributed by atoms with van der Waals surface area (Å²) >= 11 is 0. The summed E-state index contributed by atoms with van der Waals surface area (Å²) in [6.45, 7) is 0. The highest BCUT2D eigenvalue weighted by molar-refractivity contribution is 6.12. The first-order chi connectivity index (χ1) is 10.9. The van der Waals surface area contributed by atoms with Crippen LogP contribution in [0.5, 0.6) is 0 Å². The lowest BCUT2D eigenvalue weighted by Gasteiger charge is -2.06. The maximum absolute atomic E-state index is 12.5. The fraction of sp³-hybridized carbons (Fsp3) is 0.0625.